The summed E-state index contributed by atoms with van der Waals surface area (Å²) in [4.78, 5) is 14.8. The highest BCUT2D eigenvalue weighted by Gasteiger charge is 2.19. The summed E-state index contributed by atoms with van der Waals surface area (Å²) in [6.45, 7) is 0. The number of nitrogens with zero attached hydrogens (tertiary/aromatic N) is 2. The van der Waals surface area contributed by atoms with Crippen LogP contribution < -0.4 is 4.74 Å². The highest BCUT2D eigenvalue weighted by Crippen LogP contribution is 2.32. The molecule has 2 aromatic rings. The number of hydrogen-bond donors (Lipinski definition) is 1. The molecule has 0 spiro atoms. The maximum absolute atomic E-state index is 13.5. The first-order chi connectivity index (χ1) is 9.54. The average Bonchev–Trinajstić information content (AvgIpc) is 2.41. The van der Waals surface area contributed by atoms with Crippen molar-refractivity contribution in [2.75, 3.05) is 0 Å². The van der Waals surface area contributed by atoms with Gasteiger partial charge in [0.1, 0.15) is 28.2 Å². The normalized spacial score (nSPS) is 9.85. The molecule has 0 saturated carbocycles. The van der Waals surface area contributed by atoms with E-state index in [1.54, 1.807) is 0 Å². The highest BCUT2D eigenvalue weighted by molar-refractivity contribution is 6.33. The Hall–Kier alpha value is -2.65. The first-order valence-electron chi connectivity index (χ1n) is 5.29. The zero-order chi connectivity index (χ0) is 14.7. The zero-order valence-corrected chi connectivity index (χ0v) is 10.6. The Morgan fingerprint density at radius 3 is 2.85 bits per heavy atom. The Labute approximate surface area is 117 Å². The van der Waals surface area contributed by atoms with Crippen LogP contribution in [0.15, 0.2) is 30.5 Å². The molecule has 7 heteroatoms. The molecule has 100 valence electrons. The van der Waals surface area contributed by atoms with Crippen LogP contribution in [-0.2, 0) is 0 Å². The SMILES string of the molecule is N#Cc1ccnc(Oc2cccc(F)c2C(=O)O)c1Cl. The van der Waals surface area contributed by atoms with E-state index in [0.29, 0.717) is 0 Å². The number of carbonyl (C=O) groups is 1. The van der Waals surface area contributed by atoms with Crippen LogP contribution in [0.25, 0.3) is 0 Å². The summed E-state index contributed by atoms with van der Waals surface area (Å²) in [5.74, 6) is -2.84. The van der Waals surface area contributed by atoms with Crippen LogP contribution in [0.1, 0.15) is 15.9 Å². The molecule has 0 aliphatic carbocycles. The average molecular weight is 293 g/mol. The predicted molar refractivity (Wildman–Crippen MR) is 67.4 cm³/mol. The van der Waals surface area contributed by atoms with E-state index in [-0.39, 0.29) is 22.2 Å². The smallest absolute Gasteiger partial charge is 0.342 e. The van der Waals surface area contributed by atoms with E-state index in [0.717, 1.165) is 6.07 Å². The number of carboxylic acid groups (broad SMARTS) is 1. The number of pyridine rings is 1. The maximum Gasteiger partial charge on any atom is 0.342 e. The highest BCUT2D eigenvalue weighted by atomic mass is 35.5. The van der Waals surface area contributed by atoms with Crippen LogP contribution in [-0.4, -0.2) is 16.1 Å². The van der Waals surface area contributed by atoms with Crippen molar-refractivity contribution < 1.29 is 19.0 Å². The minimum atomic E-state index is -1.48. The summed E-state index contributed by atoms with van der Waals surface area (Å²) >= 11 is 5.88. The Bertz CT molecular complexity index is 728. The topological polar surface area (TPSA) is 83.2 Å². The van der Waals surface area contributed by atoms with Crippen LogP contribution in [0.3, 0.4) is 0 Å². The van der Waals surface area contributed by atoms with Gasteiger partial charge in [0, 0.05) is 6.20 Å². The third kappa shape index (κ3) is 2.53. The molecule has 0 saturated heterocycles. The van der Waals surface area contributed by atoms with Crippen molar-refractivity contribution in [2.24, 2.45) is 0 Å². The Morgan fingerprint density at radius 1 is 1.45 bits per heavy atom. The number of benzene rings is 1. The van der Waals surface area contributed by atoms with Crippen molar-refractivity contribution >= 4 is 17.6 Å². The molecule has 20 heavy (non-hydrogen) atoms. The molecule has 1 aromatic carbocycles. The monoisotopic (exact) mass is 292 g/mol. The molecule has 0 fully saturated rings. The lowest BCUT2D eigenvalue weighted by Crippen LogP contribution is -2.04. The number of halogens is 2. The second-order valence-corrected chi connectivity index (χ2v) is 3.99. The molecule has 0 atom stereocenters. The predicted octanol–water partition coefficient (Wildman–Crippen LogP) is 3.24. The van der Waals surface area contributed by atoms with E-state index in [4.69, 9.17) is 26.7 Å². The second kappa shape index (κ2) is 5.55. The van der Waals surface area contributed by atoms with Crippen molar-refractivity contribution in [1.29, 1.82) is 5.26 Å². The molecule has 0 bridgehead atoms. The molecule has 0 amide bonds. The van der Waals surface area contributed by atoms with E-state index < -0.39 is 17.3 Å². The minimum Gasteiger partial charge on any atom is -0.477 e. The third-order valence-corrected chi connectivity index (χ3v) is 2.74. The van der Waals surface area contributed by atoms with E-state index in [2.05, 4.69) is 4.98 Å². The van der Waals surface area contributed by atoms with Gasteiger partial charge in [-0.05, 0) is 18.2 Å². The van der Waals surface area contributed by atoms with Crippen molar-refractivity contribution in [3.05, 3.63) is 52.4 Å². The van der Waals surface area contributed by atoms with Crippen LogP contribution in [0.4, 0.5) is 4.39 Å². The maximum atomic E-state index is 13.5. The zero-order valence-electron chi connectivity index (χ0n) is 9.80. The van der Waals surface area contributed by atoms with Crippen LogP contribution >= 0.6 is 11.6 Å². The molecule has 1 aromatic heterocycles. The fourth-order valence-electron chi connectivity index (χ4n) is 1.48. The lowest BCUT2D eigenvalue weighted by molar-refractivity contribution is 0.0689. The molecule has 0 unspecified atom stereocenters. The number of aromatic nitrogens is 1. The molecule has 0 aliphatic heterocycles. The van der Waals surface area contributed by atoms with Gasteiger partial charge in [-0.2, -0.15) is 5.26 Å². The van der Waals surface area contributed by atoms with Crippen LogP contribution in [0, 0.1) is 17.1 Å². The third-order valence-electron chi connectivity index (χ3n) is 2.37. The van der Waals surface area contributed by atoms with Crippen molar-refractivity contribution in [3.8, 4) is 17.7 Å². The second-order valence-electron chi connectivity index (χ2n) is 3.61. The van der Waals surface area contributed by atoms with Gasteiger partial charge in [0.05, 0.1) is 5.56 Å². The Balaban J connectivity index is 2.49. The molecule has 1 heterocycles. The molecule has 1 N–H and O–H groups in total. The van der Waals surface area contributed by atoms with E-state index in [1.807, 2.05) is 6.07 Å². The summed E-state index contributed by atoms with van der Waals surface area (Å²) in [6.07, 6.45) is 1.28. The van der Waals surface area contributed by atoms with E-state index >= 15 is 0 Å². The summed E-state index contributed by atoms with van der Waals surface area (Å²) in [6, 6.07) is 6.76. The molecule has 0 aliphatic rings. The minimum absolute atomic E-state index is 0.0735. The van der Waals surface area contributed by atoms with Crippen molar-refractivity contribution in [2.45, 2.75) is 0 Å². The van der Waals surface area contributed by atoms with Gasteiger partial charge in [0.2, 0.25) is 5.88 Å². The fourth-order valence-corrected chi connectivity index (χ4v) is 1.68. The number of ether oxygens (including phenoxy) is 1. The largest absolute Gasteiger partial charge is 0.477 e. The van der Waals surface area contributed by atoms with Crippen LogP contribution in [0.5, 0.6) is 11.6 Å². The quantitative estimate of drug-likeness (QED) is 0.939. The summed E-state index contributed by atoms with van der Waals surface area (Å²) < 4.78 is 18.7. The number of carboxylic acids is 1. The van der Waals surface area contributed by atoms with Gasteiger partial charge in [0.15, 0.2) is 0 Å². The number of hydrogen-bond acceptors (Lipinski definition) is 4. The first-order valence-corrected chi connectivity index (χ1v) is 5.66. The van der Waals surface area contributed by atoms with Gasteiger partial charge in [0.25, 0.3) is 0 Å². The number of nitriles is 1. The lowest BCUT2D eigenvalue weighted by Gasteiger charge is -2.09. The number of aromatic carboxylic acids is 1. The van der Waals surface area contributed by atoms with Gasteiger partial charge in [-0.1, -0.05) is 17.7 Å². The Morgan fingerprint density at radius 2 is 2.20 bits per heavy atom. The fraction of sp³-hybridized carbons (Fsp3) is 0. The standard InChI is InChI=1S/C13H6ClFN2O3/c14-11-7(6-16)4-5-17-12(11)20-9-3-1-2-8(15)10(9)13(18)19/h1-5H,(H,18,19). The van der Waals surface area contributed by atoms with Gasteiger partial charge < -0.3 is 9.84 Å². The van der Waals surface area contributed by atoms with Crippen LogP contribution in [0.2, 0.25) is 5.02 Å². The molecular formula is C13H6ClFN2O3. The molecular weight excluding hydrogens is 287 g/mol. The lowest BCUT2D eigenvalue weighted by atomic mass is 10.2. The van der Waals surface area contributed by atoms with Gasteiger partial charge in [-0.3, -0.25) is 0 Å². The summed E-state index contributed by atoms with van der Waals surface area (Å²) in [7, 11) is 0. The summed E-state index contributed by atoms with van der Waals surface area (Å²) in [5.41, 5.74) is -0.516. The van der Waals surface area contributed by atoms with Crippen molar-refractivity contribution in [1.82, 2.24) is 4.98 Å². The first kappa shape index (κ1) is 13.8. The van der Waals surface area contributed by atoms with Gasteiger partial charge in [-0.15, -0.1) is 0 Å². The summed E-state index contributed by atoms with van der Waals surface area (Å²) in [5, 5.41) is 17.7. The van der Waals surface area contributed by atoms with Gasteiger partial charge >= 0.3 is 5.97 Å². The van der Waals surface area contributed by atoms with Gasteiger partial charge in [-0.25, -0.2) is 14.2 Å². The molecule has 5 nitrogen and oxygen atoms in total. The Kier molecular flexibility index (Phi) is 3.82. The number of rotatable bonds is 3. The van der Waals surface area contributed by atoms with Crippen molar-refractivity contribution in [3.63, 3.8) is 0 Å². The molecule has 0 radical (unpaired) electrons. The van der Waals surface area contributed by atoms with E-state index in [9.17, 15) is 9.18 Å². The van der Waals surface area contributed by atoms with E-state index in [1.165, 1.54) is 24.4 Å². The molecule has 2 rings (SSSR count).